The van der Waals surface area contributed by atoms with Gasteiger partial charge in [-0.05, 0) is 64.2 Å². The predicted octanol–water partition coefficient (Wildman–Crippen LogP) is 8.71. The lowest BCUT2D eigenvalue weighted by atomic mass is 10.2. The van der Waals surface area contributed by atoms with Crippen molar-refractivity contribution in [1.29, 1.82) is 0 Å². The molecule has 0 aromatic carbocycles. The highest BCUT2D eigenvalue weighted by Gasteiger charge is 2.28. The number of carbonyl (C=O) groups excluding carboxylic acids is 2. The Morgan fingerprint density at radius 3 is 1.13 bits per heavy atom. The summed E-state index contributed by atoms with van der Waals surface area (Å²) in [5, 5.41) is 29.9. The Kier molecular flexibility index (Phi) is 37.9. The summed E-state index contributed by atoms with van der Waals surface area (Å²) in [6.07, 6.45) is 43.7. The van der Waals surface area contributed by atoms with Crippen molar-refractivity contribution in [3.05, 3.63) is 122 Å². The van der Waals surface area contributed by atoms with Crippen LogP contribution in [0.5, 0.6) is 0 Å². The second kappa shape index (κ2) is 40.2. The van der Waals surface area contributed by atoms with Gasteiger partial charge in [0, 0.05) is 12.8 Å². The van der Waals surface area contributed by atoms with E-state index in [0.29, 0.717) is 25.7 Å². The van der Waals surface area contributed by atoms with Gasteiger partial charge in [-0.1, -0.05) is 135 Å². The molecule has 0 aromatic heterocycles. The smallest absolute Gasteiger partial charge is 0.463 e. The standard InChI is InChI=1S/C45H70O15P2/c1-3-5-7-9-11-13-15-17-18-19-20-22-24-26-28-30-32-34-45(50)56-36-42(47)38-58-62(53,54)60-40-43(48)39-59-61(51,52)57-37-41(46)35-55-44(49)33-31-29-27-25-23-21-16-14-12-10-8-6-4-2/h5-8,10-14,16-18,20-23,25-28,41-43,46-48H,3-4,9,15,19,24,29-40H2,1-2H3,(H,51,52)(H,53,54)/b7-5-,8-6+,12-10+,13-11-,16-14-,18-17-,22-20-,23-21-,27-25+,28-26-. The fourth-order valence-corrected chi connectivity index (χ4v) is 5.92. The summed E-state index contributed by atoms with van der Waals surface area (Å²) in [5.74, 6) is -1.14. The molecule has 0 saturated carbocycles. The molecular formula is C45H70O15P2. The Labute approximate surface area is 368 Å². The zero-order valence-corrected chi connectivity index (χ0v) is 38.0. The zero-order valence-electron chi connectivity index (χ0n) is 36.2. The molecule has 0 aliphatic rings. The molecule has 0 saturated heterocycles. The van der Waals surface area contributed by atoms with Crippen LogP contribution in [-0.2, 0) is 46.3 Å². The van der Waals surface area contributed by atoms with Crippen LogP contribution in [0.25, 0.3) is 0 Å². The van der Waals surface area contributed by atoms with E-state index in [1.165, 1.54) is 0 Å². The number of phosphoric ester groups is 2. The molecule has 0 spiro atoms. The Morgan fingerprint density at radius 1 is 0.435 bits per heavy atom. The third-order valence-electron chi connectivity index (χ3n) is 7.54. The van der Waals surface area contributed by atoms with E-state index in [2.05, 4.69) is 86.6 Å². The molecule has 15 nitrogen and oxygen atoms in total. The molecule has 62 heavy (non-hydrogen) atoms. The van der Waals surface area contributed by atoms with Gasteiger partial charge in [-0.2, -0.15) is 0 Å². The number of rotatable bonds is 38. The number of aliphatic hydroxyl groups is 3. The molecular weight excluding hydrogens is 842 g/mol. The summed E-state index contributed by atoms with van der Waals surface area (Å²) in [5.41, 5.74) is 0. The minimum atomic E-state index is -4.81. The van der Waals surface area contributed by atoms with Crippen molar-refractivity contribution in [2.75, 3.05) is 39.6 Å². The van der Waals surface area contributed by atoms with Gasteiger partial charge in [-0.15, -0.1) is 0 Å². The average molecular weight is 913 g/mol. The lowest BCUT2D eigenvalue weighted by molar-refractivity contribution is -0.148. The lowest BCUT2D eigenvalue weighted by Gasteiger charge is -2.19. The topological polar surface area (TPSA) is 225 Å². The van der Waals surface area contributed by atoms with Gasteiger partial charge >= 0.3 is 27.6 Å². The highest BCUT2D eigenvalue weighted by molar-refractivity contribution is 7.47. The van der Waals surface area contributed by atoms with Crippen LogP contribution in [-0.4, -0.2) is 95.0 Å². The number of hydrogen-bond acceptors (Lipinski definition) is 13. The molecule has 0 aromatic rings. The molecule has 5 N–H and O–H groups in total. The van der Waals surface area contributed by atoms with Crippen LogP contribution in [0.3, 0.4) is 0 Å². The van der Waals surface area contributed by atoms with Crippen LogP contribution in [0.15, 0.2) is 122 Å². The largest absolute Gasteiger partial charge is 0.472 e. The van der Waals surface area contributed by atoms with Crippen molar-refractivity contribution in [3.63, 3.8) is 0 Å². The summed E-state index contributed by atoms with van der Waals surface area (Å²) >= 11 is 0. The van der Waals surface area contributed by atoms with Gasteiger partial charge in [0.1, 0.15) is 31.5 Å². The number of unbranched alkanes of at least 4 members (excludes halogenated alkanes) is 2. The number of ether oxygens (including phenoxy) is 2. The average Bonchev–Trinajstić information content (AvgIpc) is 3.24. The first-order valence-electron chi connectivity index (χ1n) is 21.0. The second-order valence-corrected chi connectivity index (χ2v) is 16.3. The van der Waals surface area contributed by atoms with E-state index in [1.54, 1.807) is 0 Å². The Bertz CT molecular complexity index is 1580. The van der Waals surface area contributed by atoms with E-state index >= 15 is 0 Å². The second-order valence-electron chi connectivity index (χ2n) is 13.4. The van der Waals surface area contributed by atoms with Gasteiger partial charge in [0.25, 0.3) is 0 Å². The van der Waals surface area contributed by atoms with E-state index in [4.69, 9.17) is 9.47 Å². The van der Waals surface area contributed by atoms with Crippen molar-refractivity contribution < 1.29 is 71.4 Å². The molecule has 17 heteroatoms. The molecule has 0 aliphatic carbocycles. The Morgan fingerprint density at radius 2 is 0.742 bits per heavy atom. The summed E-state index contributed by atoms with van der Waals surface area (Å²) in [4.78, 5) is 43.5. The van der Waals surface area contributed by atoms with Gasteiger partial charge in [0.05, 0.1) is 26.4 Å². The number of phosphoric acid groups is 2. The fraction of sp³-hybridized carbons (Fsp3) is 0.511. The molecule has 0 radical (unpaired) electrons. The van der Waals surface area contributed by atoms with Crippen molar-refractivity contribution in [3.8, 4) is 0 Å². The van der Waals surface area contributed by atoms with Crippen molar-refractivity contribution >= 4 is 27.6 Å². The van der Waals surface area contributed by atoms with Crippen LogP contribution < -0.4 is 0 Å². The molecule has 350 valence electrons. The van der Waals surface area contributed by atoms with Crippen LogP contribution in [0.4, 0.5) is 0 Å². The molecule has 0 rings (SSSR count). The first kappa shape index (κ1) is 58.4. The van der Waals surface area contributed by atoms with E-state index in [0.717, 1.165) is 38.5 Å². The van der Waals surface area contributed by atoms with Gasteiger partial charge in [-0.3, -0.25) is 27.7 Å². The summed E-state index contributed by atoms with van der Waals surface area (Å²) < 4.78 is 52.7. The normalized spacial score (nSPS) is 16.4. The lowest BCUT2D eigenvalue weighted by Crippen LogP contribution is -2.25. The maximum atomic E-state index is 12.1. The monoisotopic (exact) mass is 912 g/mol. The van der Waals surface area contributed by atoms with Gasteiger partial charge in [-0.25, -0.2) is 9.13 Å². The molecule has 0 heterocycles. The third kappa shape index (κ3) is 41.8. The first-order chi connectivity index (χ1) is 29.8. The van der Waals surface area contributed by atoms with Crippen LogP contribution in [0.1, 0.15) is 90.9 Å². The zero-order chi connectivity index (χ0) is 46.0. The molecule has 0 amide bonds. The van der Waals surface area contributed by atoms with Gasteiger partial charge < -0.3 is 34.6 Å². The number of aliphatic hydroxyl groups excluding tert-OH is 3. The minimum absolute atomic E-state index is 0.0922. The maximum Gasteiger partial charge on any atom is 0.472 e. The number of carbonyl (C=O) groups is 2. The first-order valence-corrected chi connectivity index (χ1v) is 23.9. The molecule has 5 atom stereocenters. The fourth-order valence-electron chi connectivity index (χ4n) is 4.33. The highest BCUT2D eigenvalue weighted by Crippen LogP contribution is 2.45. The summed E-state index contributed by atoms with van der Waals surface area (Å²) in [7, 11) is -9.62. The molecule has 0 fully saturated rings. The third-order valence-corrected chi connectivity index (χ3v) is 9.44. The number of esters is 2. The van der Waals surface area contributed by atoms with Crippen LogP contribution in [0, 0.1) is 0 Å². The van der Waals surface area contributed by atoms with E-state index in [1.807, 2.05) is 66.8 Å². The van der Waals surface area contributed by atoms with Crippen LogP contribution >= 0.6 is 15.6 Å². The Balaban J connectivity index is 4.08. The minimum Gasteiger partial charge on any atom is -0.463 e. The van der Waals surface area contributed by atoms with Crippen molar-refractivity contribution in [2.45, 2.75) is 109 Å². The molecule has 5 unspecified atom stereocenters. The molecule has 0 bridgehead atoms. The summed E-state index contributed by atoms with van der Waals surface area (Å²) in [6, 6.07) is 0. The SMILES string of the molecule is CC/C=C\C/C=C\C/C=C\C/C=C\C/C=C\CCCC(=O)OCC(O)COP(=O)(O)OCC(O)COP(=O)(O)OCC(O)COC(=O)CCC/C=C/C=C\C=C/C=C/C=C/CC. The highest BCUT2D eigenvalue weighted by atomic mass is 31.2. The van der Waals surface area contributed by atoms with Crippen molar-refractivity contribution in [2.24, 2.45) is 0 Å². The maximum absolute atomic E-state index is 12.1. The van der Waals surface area contributed by atoms with Gasteiger partial charge in [0.2, 0.25) is 0 Å². The van der Waals surface area contributed by atoms with Crippen molar-refractivity contribution in [1.82, 2.24) is 0 Å². The van der Waals surface area contributed by atoms with E-state index < -0.39 is 85.5 Å². The predicted molar refractivity (Wildman–Crippen MR) is 242 cm³/mol. The van der Waals surface area contributed by atoms with E-state index in [-0.39, 0.29) is 12.8 Å². The molecule has 0 aliphatic heterocycles. The van der Waals surface area contributed by atoms with E-state index in [9.17, 15) is 43.8 Å². The Hall–Kier alpha value is -3.56. The summed E-state index contributed by atoms with van der Waals surface area (Å²) in [6.45, 7) is -0.0663. The number of hydrogen-bond donors (Lipinski definition) is 5. The van der Waals surface area contributed by atoms with Gasteiger partial charge in [0.15, 0.2) is 0 Å². The van der Waals surface area contributed by atoms with Crippen LogP contribution in [0.2, 0.25) is 0 Å². The number of allylic oxidation sites excluding steroid dienone is 20. The quantitative estimate of drug-likeness (QED) is 0.0128.